The Morgan fingerprint density at radius 3 is 2.52 bits per heavy atom. The van der Waals surface area contributed by atoms with E-state index in [-0.39, 0.29) is 0 Å². The van der Waals surface area contributed by atoms with Gasteiger partial charge in [0.05, 0.1) is 6.61 Å². The molecule has 138 valence electrons. The molecule has 0 aliphatic rings. The normalized spacial score (nSPS) is 11.6. The third kappa shape index (κ3) is 3.92. The van der Waals surface area contributed by atoms with E-state index in [0.29, 0.717) is 5.15 Å². The molecule has 2 heterocycles. The highest BCUT2D eigenvalue weighted by molar-refractivity contribution is 6.30. The molecule has 0 bridgehead atoms. The van der Waals surface area contributed by atoms with Gasteiger partial charge in [-0.15, -0.1) is 0 Å². The van der Waals surface area contributed by atoms with Gasteiger partial charge in [0.15, 0.2) is 0 Å². The van der Waals surface area contributed by atoms with E-state index in [2.05, 4.69) is 59.3 Å². The predicted molar refractivity (Wildman–Crippen MR) is 113 cm³/mol. The number of fused-ring (bicyclic) bond motifs is 3. The molecule has 5 heteroatoms. The van der Waals surface area contributed by atoms with Crippen molar-refractivity contribution >= 4 is 33.5 Å². The molecule has 4 rings (SSSR count). The van der Waals surface area contributed by atoms with Gasteiger partial charge in [0.1, 0.15) is 16.5 Å². The Labute approximate surface area is 163 Å². The standard InChI is InChI=1S/C22H22ClN3O/c1-26(2)12-3-13-27-17-7-4-15(5-8-17)16-6-10-20-19(14-16)18-9-11-21(23)25-22(18)24-20/h4-11,14H,3,12-13H2,1-2H3,(H,24,25). The van der Waals surface area contributed by atoms with Crippen LogP contribution >= 0.6 is 11.6 Å². The van der Waals surface area contributed by atoms with Crippen LogP contribution < -0.4 is 4.74 Å². The molecule has 0 aliphatic heterocycles. The highest BCUT2D eigenvalue weighted by Crippen LogP contribution is 2.30. The van der Waals surface area contributed by atoms with E-state index in [1.807, 2.05) is 24.3 Å². The molecule has 0 fully saturated rings. The largest absolute Gasteiger partial charge is 0.494 e. The van der Waals surface area contributed by atoms with Gasteiger partial charge in [0, 0.05) is 22.8 Å². The average Bonchev–Trinajstić information content (AvgIpc) is 3.02. The molecular formula is C22H22ClN3O. The van der Waals surface area contributed by atoms with Gasteiger partial charge in [-0.25, -0.2) is 4.98 Å². The van der Waals surface area contributed by atoms with Crippen molar-refractivity contribution in [1.82, 2.24) is 14.9 Å². The number of hydrogen-bond acceptors (Lipinski definition) is 3. The lowest BCUT2D eigenvalue weighted by molar-refractivity contribution is 0.281. The minimum absolute atomic E-state index is 0.496. The molecule has 0 amide bonds. The molecule has 0 radical (unpaired) electrons. The maximum absolute atomic E-state index is 6.00. The molecular weight excluding hydrogens is 358 g/mol. The number of benzene rings is 2. The number of nitrogens with one attached hydrogen (secondary N) is 1. The number of hydrogen-bond donors (Lipinski definition) is 1. The predicted octanol–water partition coefficient (Wildman–Crippen LogP) is 5.37. The Morgan fingerprint density at radius 1 is 0.963 bits per heavy atom. The summed E-state index contributed by atoms with van der Waals surface area (Å²) in [7, 11) is 4.15. The van der Waals surface area contributed by atoms with Gasteiger partial charge in [-0.05, 0) is 68.0 Å². The lowest BCUT2D eigenvalue weighted by Crippen LogP contribution is -2.15. The van der Waals surface area contributed by atoms with E-state index in [0.717, 1.165) is 58.4 Å². The van der Waals surface area contributed by atoms with Crippen LogP contribution in [-0.4, -0.2) is 42.1 Å². The second-order valence-electron chi connectivity index (χ2n) is 6.95. The number of H-pyrrole nitrogens is 1. The van der Waals surface area contributed by atoms with Crippen molar-refractivity contribution in [2.45, 2.75) is 6.42 Å². The molecule has 0 atom stereocenters. The Bertz CT molecular complexity index is 1070. The number of rotatable bonds is 6. The van der Waals surface area contributed by atoms with Crippen LogP contribution in [0.4, 0.5) is 0 Å². The Hall–Kier alpha value is -2.56. The molecule has 4 aromatic rings. The van der Waals surface area contributed by atoms with Crippen LogP contribution in [0.2, 0.25) is 5.15 Å². The first kappa shape index (κ1) is 17.8. The zero-order valence-corrected chi connectivity index (χ0v) is 16.3. The zero-order valence-electron chi connectivity index (χ0n) is 15.5. The molecule has 27 heavy (non-hydrogen) atoms. The van der Waals surface area contributed by atoms with Crippen LogP contribution in [0, 0.1) is 0 Å². The fourth-order valence-electron chi connectivity index (χ4n) is 3.25. The van der Waals surface area contributed by atoms with Crippen LogP contribution in [0.15, 0.2) is 54.6 Å². The summed E-state index contributed by atoms with van der Waals surface area (Å²) in [5.74, 6) is 0.907. The molecule has 4 nitrogen and oxygen atoms in total. The summed E-state index contributed by atoms with van der Waals surface area (Å²) in [5.41, 5.74) is 4.20. The van der Waals surface area contributed by atoms with Crippen LogP contribution in [-0.2, 0) is 0 Å². The first-order valence-corrected chi connectivity index (χ1v) is 9.44. The Kier molecular flexibility index (Phi) is 5.01. The summed E-state index contributed by atoms with van der Waals surface area (Å²) >= 11 is 6.00. The molecule has 2 aromatic carbocycles. The summed E-state index contributed by atoms with van der Waals surface area (Å²) in [5, 5.41) is 2.73. The van der Waals surface area contributed by atoms with Crippen molar-refractivity contribution in [3.63, 3.8) is 0 Å². The molecule has 0 aliphatic carbocycles. The fraction of sp³-hybridized carbons (Fsp3) is 0.227. The highest BCUT2D eigenvalue weighted by atomic mass is 35.5. The van der Waals surface area contributed by atoms with Crippen LogP contribution in [0.5, 0.6) is 5.75 Å². The number of ether oxygens (including phenoxy) is 1. The first-order chi connectivity index (χ1) is 13.1. The van der Waals surface area contributed by atoms with E-state index in [9.17, 15) is 0 Å². The van der Waals surface area contributed by atoms with Gasteiger partial charge >= 0.3 is 0 Å². The topological polar surface area (TPSA) is 41.1 Å². The summed E-state index contributed by atoms with van der Waals surface area (Å²) in [6.45, 7) is 1.76. The monoisotopic (exact) mass is 379 g/mol. The quantitative estimate of drug-likeness (QED) is 0.362. The minimum Gasteiger partial charge on any atom is -0.494 e. The smallest absolute Gasteiger partial charge is 0.140 e. The van der Waals surface area contributed by atoms with Gasteiger partial charge < -0.3 is 14.6 Å². The van der Waals surface area contributed by atoms with Gasteiger partial charge in [0.2, 0.25) is 0 Å². The lowest BCUT2D eigenvalue weighted by Gasteiger charge is -2.10. The summed E-state index contributed by atoms with van der Waals surface area (Å²) < 4.78 is 5.82. The van der Waals surface area contributed by atoms with Crippen LogP contribution in [0.25, 0.3) is 33.1 Å². The summed E-state index contributed by atoms with van der Waals surface area (Å²) in [6, 6.07) is 18.5. The zero-order chi connectivity index (χ0) is 18.8. The van der Waals surface area contributed by atoms with Gasteiger partial charge in [0.25, 0.3) is 0 Å². The average molecular weight is 380 g/mol. The van der Waals surface area contributed by atoms with Crippen molar-refractivity contribution in [2.75, 3.05) is 27.2 Å². The number of aromatic nitrogens is 2. The second kappa shape index (κ2) is 7.59. The Morgan fingerprint density at radius 2 is 1.74 bits per heavy atom. The van der Waals surface area contributed by atoms with Crippen molar-refractivity contribution in [3.05, 3.63) is 59.8 Å². The van der Waals surface area contributed by atoms with Crippen molar-refractivity contribution in [2.24, 2.45) is 0 Å². The first-order valence-electron chi connectivity index (χ1n) is 9.06. The van der Waals surface area contributed by atoms with Crippen LogP contribution in [0.1, 0.15) is 6.42 Å². The summed E-state index contributed by atoms with van der Waals surface area (Å²) in [4.78, 5) is 9.85. The maximum Gasteiger partial charge on any atom is 0.140 e. The van der Waals surface area contributed by atoms with E-state index >= 15 is 0 Å². The van der Waals surface area contributed by atoms with E-state index in [1.54, 1.807) is 0 Å². The Balaban J connectivity index is 1.56. The summed E-state index contributed by atoms with van der Waals surface area (Å²) in [6.07, 6.45) is 1.02. The third-order valence-corrected chi connectivity index (χ3v) is 4.84. The maximum atomic E-state index is 6.00. The molecule has 0 unspecified atom stereocenters. The van der Waals surface area contributed by atoms with Crippen molar-refractivity contribution in [3.8, 4) is 16.9 Å². The SMILES string of the molecule is CN(C)CCCOc1ccc(-c2ccc3[nH]c4nc(Cl)ccc4c3c2)cc1. The second-order valence-corrected chi connectivity index (χ2v) is 7.33. The molecule has 1 N–H and O–H groups in total. The van der Waals surface area contributed by atoms with E-state index in [1.165, 1.54) is 0 Å². The van der Waals surface area contributed by atoms with E-state index in [4.69, 9.17) is 16.3 Å². The van der Waals surface area contributed by atoms with Crippen molar-refractivity contribution in [1.29, 1.82) is 0 Å². The lowest BCUT2D eigenvalue weighted by atomic mass is 10.0. The van der Waals surface area contributed by atoms with Gasteiger partial charge in [-0.1, -0.05) is 29.8 Å². The number of halogens is 1. The van der Waals surface area contributed by atoms with Gasteiger partial charge in [-0.2, -0.15) is 0 Å². The number of nitrogens with zero attached hydrogens (tertiary/aromatic N) is 2. The van der Waals surface area contributed by atoms with Crippen LogP contribution in [0.3, 0.4) is 0 Å². The molecule has 0 saturated heterocycles. The van der Waals surface area contributed by atoms with Crippen molar-refractivity contribution < 1.29 is 4.74 Å². The molecule has 0 saturated carbocycles. The molecule has 2 aromatic heterocycles. The molecule has 0 spiro atoms. The van der Waals surface area contributed by atoms with Gasteiger partial charge in [-0.3, -0.25) is 0 Å². The highest BCUT2D eigenvalue weighted by Gasteiger charge is 2.08. The fourth-order valence-corrected chi connectivity index (χ4v) is 3.39. The minimum atomic E-state index is 0.496. The number of pyridine rings is 1. The number of aromatic amines is 1. The third-order valence-electron chi connectivity index (χ3n) is 4.63. The van der Waals surface area contributed by atoms with E-state index < -0.39 is 0 Å².